The molecule has 0 saturated carbocycles. The molecule has 0 aliphatic carbocycles. The second-order valence-electron chi connectivity index (χ2n) is 5.20. The minimum atomic E-state index is 0.413. The van der Waals surface area contributed by atoms with E-state index in [9.17, 15) is 0 Å². The average Bonchev–Trinajstić information content (AvgIpc) is 2.17. The smallest absolute Gasteiger partial charge is 0.00697 e. The minimum Gasteiger partial charge on any atom is -0.328 e. The number of piperidine rings is 1. The lowest BCUT2D eigenvalue weighted by Gasteiger charge is -2.39. The highest BCUT2D eigenvalue weighted by Crippen LogP contribution is 2.22. The predicted molar refractivity (Wildman–Crippen MR) is 67.0 cm³/mol. The monoisotopic (exact) mass is 212 g/mol. The van der Waals surface area contributed by atoms with Gasteiger partial charge in [0.2, 0.25) is 0 Å². The van der Waals surface area contributed by atoms with Crippen LogP contribution in [-0.2, 0) is 0 Å². The van der Waals surface area contributed by atoms with Gasteiger partial charge in [-0.05, 0) is 39.5 Å². The number of nitrogens with zero attached hydrogens (tertiary/aromatic N) is 1. The highest BCUT2D eigenvalue weighted by atomic mass is 15.2. The van der Waals surface area contributed by atoms with E-state index >= 15 is 0 Å². The van der Waals surface area contributed by atoms with E-state index in [0.717, 1.165) is 12.1 Å². The lowest BCUT2D eigenvalue weighted by molar-refractivity contribution is 0.0993. The third-order valence-corrected chi connectivity index (χ3v) is 3.79. The molecule has 0 bridgehead atoms. The molecule has 1 saturated heterocycles. The first kappa shape index (κ1) is 13.0. The van der Waals surface area contributed by atoms with Gasteiger partial charge in [-0.15, -0.1) is 0 Å². The Morgan fingerprint density at radius 1 is 1.20 bits per heavy atom. The minimum absolute atomic E-state index is 0.413. The first-order valence-electron chi connectivity index (χ1n) is 6.66. The molecule has 15 heavy (non-hydrogen) atoms. The van der Waals surface area contributed by atoms with Crippen molar-refractivity contribution in [2.75, 3.05) is 6.54 Å². The van der Waals surface area contributed by atoms with Gasteiger partial charge in [0, 0.05) is 24.7 Å². The molecule has 90 valence electrons. The van der Waals surface area contributed by atoms with Gasteiger partial charge < -0.3 is 5.73 Å². The first-order chi connectivity index (χ1) is 7.15. The summed E-state index contributed by atoms with van der Waals surface area (Å²) in [5.74, 6) is 0. The molecular weight excluding hydrogens is 184 g/mol. The molecule has 1 aliphatic rings. The Bertz CT molecular complexity index is 160. The Balaban J connectivity index is 2.28. The molecule has 1 rings (SSSR count). The van der Waals surface area contributed by atoms with Crippen LogP contribution in [-0.4, -0.2) is 29.6 Å². The Kier molecular flexibility index (Phi) is 5.62. The van der Waals surface area contributed by atoms with Crippen LogP contribution in [0.3, 0.4) is 0 Å². The van der Waals surface area contributed by atoms with E-state index in [1.54, 1.807) is 0 Å². The molecule has 1 aliphatic heterocycles. The molecule has 0 radical (unpaired) electrons. The first-order valence-corrected chi connectivity index (χ1v) is 6.66. The van der Waals surface area contributed by atoms with Crippen molar-refractivity contribution >= 4 is 0 Å². The molecule has 0 aromatic carbocycles. The number of hydrogen-bond acceptors (Lipinski definition) is 2. The topological polar surface area (TPSA) is 29.3 Å². The number of hydrogen-bond donors (Lipinski definition) is 1. The zero-order valence-corrected chi connectivity index (χ0v) is 10.7. The van der Waals surface area contributed by atoms with E-state index in [4.69, 9.17) is 5.73 Å². The summed E-state index contributed by atoms with van der Waals surface area (Å²) in [4.78, 5) is 2.65. The van der Waals surface area contributed by atoms with E-state index in [-0.39, 0.29) is 0 Å². The van der Waals surface area contributed by atoms with Crippen LogP contribution in [0.1, 0.15) is 59.3 Å². The summed E-state index contributed by atoms with van der Waals surface area (Å²) in [6, 6.07) is 1.95. The van der Waals surface area contributed by atoms with Crippen LogP contribution in [0.5, 0.6) is 0 Å². The van der Waals surface area contributed by atoms with Crippen molar-refractivity contribution < 1.29 is 0 Å². The molecule has 2 heteroatoms. The Morgan fingerprint density at radius 3 is 2.33 bits per heavy atom. The number of likely N-dealkylation sites (tertiary alicyclic amines) is 1. The van der Waals surface area contributed by atoms with Gasteiger partial charge in [0.05, 0.1) is 0 Å². The second kappa shape index (κ2) is 6.49. The second-order valence-corrected chi connectivity index (χ2v) is 5.20. The van der Waals surface area contributed by atoms with Crippen LogP contribution in [0, 0.1) is 0 Å². The maximum absolute atomic E-state index is 6.07. The Hall–Kier alpha value is -0.0800. The van der Waals surface area contributed by atoms with Crippen LogP contribution in [0.25, 0.3) is 0 Å². The van der Waals surface area contributed by atoms with Crippen molar-refractivity contribution in [3.05, 3.63) is 0 Å². The van der Waals surface area contributed by atoms with Gasteiger partial charge in [0.25, 0.3) is 0 Å². The quantitative estimate of drug-likeness (QED) is 0.759. The molecule has 2 nitrogen and oxygen atoms in total. The summed E-state index contributed by atoms with van der Waals surface area (Å²) in [5, 5.41) is 0. The average molecular weight is 212 g/mol. The highest BCUT2D eigenvalue weighted by Gasteiger charge is 2.24. The molecule has 1 unspecified atom stereocenters. The SMILES string of the molecule is CCCC(N)CCN1[C@H](C)CCC[C@@H]1C. The normalized spacial score (nSPS) is 30.4. The highest BCUT2D eigenvalue weighted by molar-refractivity contribution is 4.80. The van der Waals surface area contributed by atoms with Crippen LogP contribution in [0.4, 0.5) is 0 Å². The third-order valence-electron chi connectivity index (χ3n) is 3.79. The van der Waals surface area contributed by atoms with Crippen LogP contribution in [0.15, 0.2) is 0 Å². The lowest BCUT2D eigenvalue weighted by atomic mass is 9.96. The van der Waals surface area contributed by atoms with E-state index in [2.05, 4.69) is 25.7 Å². The fourth-order valence-corrected chi connectivity index (χ4v) is 2.75. The lowest BCUT2D eigenvalue weighted by Crippen LogP contribution is -2.45. The molecule has 0 aromatic rings. The molecule has 1 heterocycles. The van der Waals surface area contributed by atoms with Gasteiger partial charge in [0.1, 0.15) is 0 Å². The molecular formula is C13H28N2. The van der Waals surface area contributed by atoms with Crippen molar-refractivity contribution in [3.63, 3.8) is 0 Å². The van der Waals surface area contributed by atoms with Crippen molar-refractivity contribution in [2.24, 2.45) is 5.73 Å². The van der Waals surface area contributed by atoms with Crippen molar-refractivity contribution in [3.8, 4) is 0 Å². The fourth-order valence-electron chi connectivity index (χ4n) is 2.75. The largest absolute Gasteiger partial charge is 0.328 e. The van der Waals surface area contributed by atoms with Crippen molar-refractivity contribution in [2.45, 2.75) is 77.4 Å². The van der Waals surface area contributed by atoms with Crippen LogP contribution < -0.4 is 5.73 Å². The molecule has 3 atom stereocenters. The summed E-state index contributed by atoms with van der Waals surface area (Å²) in [6.45, 7) is 8.14. The van der Waals surface area contributed by atoms with Gasteiger partial charge in [-0.3, -0.25) is 4.90 Å². The summed E-state index contributed by atoms with van der Waals surface area (Å²) in [7, 11) is 0. The van der Waals surface area contributed by atoms with Crippen LogP contribution >= 0.6 is 0 Å². The zero-order valence-electron chi connectivity index (χ0n) is 10.7. The molecule has 2 N–H and O–H groups in total. The van der Waals surface area contributed by atoms with Gasteiger partial charge in [-0.1, -0.05) is 19.8 Å². The number of rotatable bonds is 5. The van der Waals surface area contributed by atoms with Gasteiger partial charge >= 0.3 is 0 Å². The van der Waals surface area contributed by atoms with E-state index in [0.29, 0.717) is 6.04 Å². The standard InChI is InChI=1S/C13H28N2/c1-4-6-13(14)9-10-15-11(2)7-5-8-12(15)3/h11-13H,4-10,14H2,1-3H3/t11-,12+,13?. The summed E-state index contributed by atoms with van der Waals surface area (Å²) in [6.07, 6.45) is 7.70. The molecule has 0 spiro atoms. The van der Waals surface area contributed by atoms with Gasteiger partial charge in [-0.2, -0.15) is 0 Å². The molecule has 0 amide bonds. The summed E-state index contributed by atoms with van der Waals surface area (Å²) in [5.41, 5.74) is 6.07. The predicted octanol–water partition coefficient (Wildman–Crippen LogP) is 2.77. The maximum Gasteiger partial charge on any atom is 0.00697 e. The van der Waals surface area contributed by atoms with E-state index in [1.807, 2.05) is 0 Å². The fraction of sp³-hybridized carbons (Fsp3) is 1.00. The van der Waals surface area contributed by atoms with E-state index < -0.39 is 0 Å². The van der Waals surface area contributed by atoms with Gasteiger partial charge in [0.15, 0.2) is 0 Å². The molecule has 1 fully saturated rings. The van der Waals surface area contributed by atoms with E-state index in [1.165, 1.54) is 45.1 Å². The third kappa shape index (κ3) is 4.12. The number of nitrogens with two attached hydrogens (primary N) is 1. The maximum atomic E-state index is 6.07. The summed E-state index contributed by atoms with van der Waals surface area (Å²) >= 11 is 0. The van der Waals surface area contributed by atoms with Gasteiger partial charge in [-0.25, -0.2) is 0 Å². The van der Waals surface area contributed by atoms with Crippen molar-refractivity contribution in [1.29, 1.82) is 0 Å². The Labute approximate surface area is 95.2 Å². The molecule has 0 aromatic heterocycles. The van der Waals surface area contributed by atoms with Crippen molar-refractivity contribution in [1.82, 2.24) is 4.90 Å². The zero-order chi connectivity index (χ0) is 11.3. The van der Waals surface area contributed by atoms with Crippen LogP contribution in [0.2, 0.25) is 0 Å². The summed E-state index contributed by atoms with van der Waals surface area (Å²) < 4.78 is 0. The Morgan fingerprint density at radius 2 is 1.80 bits per heavy atom.